The molecule has 2 aromatic carbocycles. The highest BCUT2D eigenvalue weighted by atomic mass is 28.4. The number of nitrogens with one attached hydrogen (secondary N) is 1. The number of carboxylic acid groups (broad SMARTS) is 2. The van der Waals surface area contributed by atoms with Crippen LogP contribution in [0.3, 0.4) is 0 Å². The fourth-order valence-corrected chi connectivity index (χ4v) is 3.56. The highest BCUT2D eigenvalue weighted by Gasteiger charge is 2.37. The summed E-state index contributed by atoms with van der Waals surface area (Å²) >= 11 is 0. The molecule has 0 aliphatic carbocycles. The van der Waals surface area contributed by atoms with E-state index in [2.05, 4.69) is 39.2 Å². The predicted octanol–water partition coefficient (Wildman–Crippen LogP) is 5.36. The van der Waals surface area contributed by atoms with Gasteiger partial charge >= 0.3 is 11.9 Å². The van der Waals surface area contributed by atoms with Crippen LogP contribution >= 0.6 is 0 Å². The standard InChI is InChI=1S/C22H28FNO5Si/c1-22(2,3)30(4,5)29-13-14-9-10-15(17(23)11-14)12-24-18-8-6-7-16(20(25)26)19(18)21(27)28/h6-11,24H,12-13H2,1-5H3,(H,25,26)(H,27,28). The second-order valence-electron chi connectivity index (χ2n) is 8.67. The molecule has 6 nitrogen and oxygen atoms in total. The van der Waals surface area contributed by atoms with Crippen molar-refractivity contribution in [1.29, 1.82) is 0 Å². The van der Waals surface area contributed by atoms with Crippen LogP contribution in [0.15, 0.2) is 36.4 Å². The minimum atomic E-state index is -1.95. The molecule has 0 unspecified atom stereocenters. The van der Waals surface area contributed by atoms with Crippen molar-refractivity contribution in [3.8, 4) is 0 Å². The second-order valence-corrected chi connectivity index (χ2v) is 13.5. The number of hydrogen-bond donors (Lipinski definition) is 3. The van der Waals surface area contributed by atoms with E-state index in [1.165, 1.54) is 24.3 Å². The van der Waals surface area contributed by atoms with Gasteiger partial charge in [-0.25, -0.2) is 14.0 Å². The van der Waals surface area contributed by atoms with Gasteiger partial charge in [-0.15, -0.1) is 0 Å². The van der Waals surface area contributed by atoms with Gasteiger partial charge in [-0.05, 0) is 41.9 Å². The lowest BCUT2D eigenvalue weighted by Crippen LogP contribution is -2.40. The Balaban J connectivity index is 2.14. The molecule has 0 aliphatic rings. The van der Waals surface area contributed by atoms with E-state index >= 15 is 0 Å². The quantitative estimate of drug-likeness (QED) is 0.485. The first-order chi connectivity index (χ1) is 13.8. The molecule has 0 bridgehead atoms. The van der Waals surface area contributed by atoms with Crippen LogP contribution in [0.2, 0.25) is 18.1 Å². The van der Waals surface area contributed by atoms with E-state index in [0.717, 1.165) is 5.56 Å². The zero-order valence-corrected chi connectivity index (χ0v) is 18.9. The highest BCUT2D eigenvalue weighted by Crippen LogP contribution is 2.37. The largest absolute Gasteiger partial charge is 0.478 e. The van der Waals surface area contributed by atoms with Gasteiger partial charge in [0.05, 0.1) is 17.7 Å². The Hall–Kier alpha value is -2.71. The molecule has 0 spiro atoms. The number of rotatable bonds is 8. The smallest absolute Gasteiger partial charge is 0.338 e. The maximum absolute atomic E-state index is 14.6. The molecule has 0 fully saturated rings. The highest BCUT2D eigenvalue weighted by molar-refractivity contribution is 6.74. The van der Waals surface area contributed by atoms with Gasteiger partial charge in [-0.3, -0.25) is 0 Å². The third-order valence-electron chi connectivity index (χ3n) is 5.50. The van der Waals surface area contributed by atoms with Crippen molar-refractivity contribution < 1.29 is 28.6 Å². The molecular weight excluding hydrogens is 405 g/mol. The number of anilines is 1. The third kappa shape index (κ3) is 5.46. The number of carboxylic acids is 2. The third-order valence-corrected chi connectivity index (χ3v) is 9.98. The first-order valence-corrected chi connectivity index (χ1v) is 12.5. The monoisotopic (exact) mass is 433 g/mol. The van der Waals surface area contributed by atoms with Crippen molar-refractivity contribution in [2.24, 2.45) is 0 Å². The van der Waals surface area contributed by atoms with E-state index in [-0.39, 0.29) is 28.4 Å². The first-order valence-electron chi connectivity index (χ1n) is 9.58. The van der Waals surface area contributed by atoms with Crippen LogP contribution < -0.4 is 5.32 Å². The fourth-order valence-electron chi connectivity index (χ4n) is 2.60. The molecule has 0 aromatic heterocycles. The van der Waals surface area contributed by atoms with Crippen molar-refractivity contribution in [3.05, 3.63) is 64.5 Å². The molecule has 0 heterocycles. The van der Waals surface area contributed by atoms with Gasteiger partial charge in [0, 0.05) is 17.8 Å². The molecule has 0 saturated heterocycles. The summed E-state index contributed by atoms with van der Waals surface area (Å²) in [5.74, 6) is -3.15. The predicted molar refractivity (Wildman–Crippen MR) is 116 cm³/mol. The number of halogens is 1. The SMILES string of the molecule is CC(C)(C)[Si](C)(C)OCc1ccc(CNc2cccc(C(=O)O)c2C(=O)O)c(F)c1. The van der Waals surface area contributed by atoms with Gasteiger partial charge in [-0.1, -0.05) is 39.0 Å². The van der Waals surface area contributed by atoms with Crippen LogP contribution in [0, 0.1) is 5.82 Å². The minimum Gasteiger partial charge on any atom is -0.478 e. The van der Waals surface area contributed by atoms with Crippen molar-refractivity contribution in [3.63, 3.8) is 0 Å². The van der Waals surface area contributed by atoms with Crippen LogP contribution in [-0.2, 0) is 17.6 Å². The lowest BCUT2D eigenvalue weighted by atomic mass is 10.0. The lowest BCUT2D eigenvalue weighted by molar-refractivity contribution is 0.0652. The van der Waals surface area contributed by atoms with Crippen molar-refractivity contribution in [2.75, 3.05) is 5.32 Å². The topological polar surface area (TPSA) is 95.9 Å². The van der Waals surface area contributed by atoms with Gasteiger partial charge in [0.25, 0.3) is 0 Å². The summed E-state index contributed by atoms with van der Waals surface area (Å²) in [4.78, 5) is 22.8. The molecule has 3 N–H and O–H groups in total. The molecule has 2 aromatic rings. The summed E-state index contributed by atoms with van der Waals surface area (Å²) in [6, 6.07) is 8.92. The number of carbonyl (C=O) groups is 2. The second kappa shape index (κ2) is 8.97. The van der Waals surface area contributed by atoms with E-state index in [1.54, 1.807) is 12.1 Å². The summed E-state index contributed by atoms with van der Waals surface area (Å²) in [6.45, 7) is 11.0. The van der Waals surface area contributed by atoms with Gasteiger partial charge in [0.15, 0.2) is 8.32 Å². The molecule has 0 aliphatic heterocycles. The van der Waals surface area contributed by atoms with Gasteiger partial charge in [-0.2, -0.15) is 0 Å². The van der Waals surface area contributed by atoms with Crippen LogP contribution in [0.4, 0.5) is 10.1 Å². The number of benzene rings is 2. The van der Waals surface area contributed by atoms with Gasteiger partial charge in [0.1, 0.15) is 5.82 Å². The van der Waals surface area contributed by atoms with E-state index in [1.807, 2.05) is 0 Å². The minimum absolute atomic E-state index is 0.0125. The Morgan fingerprint density at radius 3 is 2.30 bits per heavy atom. The maximum atomic E-state index is 14.6. The zero-order chi connectivity index (χ0) is 22.7. The normalized spacial score (nSPS) is 11.9. The van der Waals surface area contributed by atoms with Crippen LogP contribution in [-0.4, -0.2) is 30.5 Å². The molecule has 0 amide bonds. The Kier molecular flexibility index (Phi) is 7.05. The van der Waals surface area contributed by atoms with E-state index < -0.39 is 26.1 Å². The van der Waals surface area contributed by atoms with E-state index in [0.29, 0.717) is 12.2 Å². The summed E-state index contributed by atoms with van der Waals surface area (Å²) in [5.41, 5.74) is 0.492. The van der Waals surface area contributed by atoms with Crippen molar-refractivity contribution in [1.82, 2.24) is 0 Å². The zero-order valence-electron chi connectivity index (χ0n) is 17.9. The van der Waals surface area contributed by atoms with Gasteiger partial charge in [0.2, 0.25) is 0 Å². The Bertz CT molecular complexity index is 953. The van der Waals surface area contributed by atoms with Crippen molar-refractivity contribution in [2.45, 2.75) is 52.1 Å². The van der Waals surface area contributed by atoms with Crippen molar-refractivity contribution >= 4 is 25.9 Å². The Morgan fingerprint density at radius 2 is 1.77 bits per heavy atom. The summed E-state index contributed by atoms with van der Waals surface area (Å²) < 4.78 is 20.7. The molecule has 0 atom stereocenters. The molecule has 30 heavy (non-hydrogen) atoms. The molecule has 0 saturated carbocycles. The maximum Gasteiger partial charge on any atom is 0.338 e. The molecule has 0 radical (unpaired) electrons. The summed E-state index contributed by atoms with van der Waals surface area (Å²) in [6.07, 6.45) is 0. The Labute approximate surface area is 176 Å². The van der Waals surface area contributed by atoms with Gasteiger partial charge < -0.3 is 20.0 Å². The Morgan fingerprint density at radius 1 is 1.10 bits per heavy atom. The molecular formula is C22H28FNO5Si. The molecule has 8 heteroatoms. The fraction of sp³-hybridized carbons (Fsp3) is 0.364. The molecule has 2 rings (SSSR count). The lowest BCUT2D eigenvalue weighted by Gasteiger charge is -2.36. The average Bonchev–Trinajstić information content (AvgIpc) is 2.64. The number of hydrogen-bond acceptors (Lipinski definition) is 4. The van der Waals surface area contributed by atoms with E-state index in [9.17, 15) is 24.2 Å². The summed E-state index contributed by atoms with van der Waals surface area (Å²) in [7, 11) is -1.95. The molecule has 162 valence electrons. The average molecular weight is 434 g/mol. The number of aromatic carboxylic acids is 2. The van der Waals surface area contributed by atoms with Crippen LogP contribution in [0.25, 0.3) is 0 Å². The van der Waals surface area contributed by atoms with E-state index in [4.69, 9.17) is 4.43 Å². The first kappa shape index (κ1) is 23.6. The van der Waals surface area contributed by atoms with Crippen LogP contribution in [0.1, 0.15) is 52.6 Å². The van der Waals surface area contributed by atoms with Crippen LogP contribution in [0.5, 0.6) is 0 Å². The summed E-state index contributed by atoms with van der Waals surface area (Å²) in [5, 5.41) is 21.5.